The van der Waals surface area contributed by atoms with Crippen LogP contribution < -0.4 is 10.2 Å². The van der Waals surface area contributed by atoms with Crippen LogP contribution in [0.1, 0.15) is 12.5 Å². The molecule has 0 aliphatic carbocycles. The average Bonchev–Trinajstić information content (AvgIpc) is 2.65. The molecule has 0 bridgehead atoms. The summed E-state index contributed by atoms with van der Waals surface area (Å²) in [4.78, 5) is 17.3. The number of halogens is 3. The number of rotatable bonds is 5. The Bertz CT molecular complexity index is 820. The predicted molar refractivity (Wildman–Crippen MR) is 115 cm³/mol. The molecule has 1 fully saturated rings. The SMILES string of the molecule is CCN1CCN(c2ccc(Cl)cc2NC(=O)Cc2ccc(Cl)c(Cl)c2)CC1. The minimum Gasteiger partial charge on any atom is -0.367 e. The summed E-state index contributed by atoms with van der Waals surface area (Å²) in [5.41, 5.74) is 2.54. The fourth-order valence-electron chi connectivity index (χ4n) is 3.22. The molecule has 0 atom stereocenters. The standard InChI is InChI=1S/C20H22Cl3N3O/c1-2-25-7-9-26(10-8-25)19-6-4-15(21)13-18(19)24-20(27)12-14-3-5-16(22)17(23)11-14/h3-6,11,13H,2,7-10,12H2,1H3,(H,24,27). The molecule has 1 N–H and O–H groups in total. The molecule has 3 rings (SSSR count). The zero-order valence-corrected chi connectivity index (χ0v) is 17.4. The van der Waals surface area contributed by atoms with Gasteiger partial charge in [0.05, 0.1) is 27.8 Å². The largest absolute Gasteiger partial charge is 0.367 e. The molecule has 27 heavy (non-hydrogen) atoms. The molecule has 0 saturated carbocycles. The van der Waals surface area contributed by atoms with E-state index in [1.54, 1.807) is 24.3 Å². The molecule has 0 unspecified atom stereocenters. The van der Waals surface area contributed by atoms with Crippen LogP contribution in [-0.4, -0.2) is 43.5 Å². The number of hydrogen-bond acceptors (Lipinski definition) is 3. The van der Waals surface area contributed by atoms with E-state index < -0.39 is 0 Å². The van der Waals surface area contributed by atoms with Crippen molar-refractivity contribution < 1.29 is 4.79 Å². The van der Waals surface area contributed by atoms with Gasteiger partial charge in [-0.1, -0.05) is 47.8 Å². The lowest BCUT2D eigenvalue weighted by atomic mass is 10.1. The molecule has 1 aliphatic heterocycles. The van der Waals surface area contributed by atoms with E-state index in [2.05, 4.69) is 22.0 Å². The molecule has 4 nitrogen and oxygen atoms in total. The third-order valence-corrected chi connectivity index (χ3v) is 5.72. The van der Waals surface area contributed by atoms with E-state index in [1.807, 2.05) is 12.1 Å². The highest BCUT2D eigenvalue weighted by molar-refractivity contribution is 6.42. The van der Waals surface area contributed by atoms with E-state index in [0.717, 1.165) is 49.7 Å². The highest BCUT2D eigenvalue weighted by Crippen LogP contribution is 2.30. The van der Waals surface area contributed by atoms with E-state index in [-0.39, 0.29) is 12.3 Å². The first-order valence-electron chi connectivity index (χ1n) is 8.97. The first-order chi connectivity index (χ1) is 13.0. The first kappa shape index (κ1) is 20.3. The maximum Gasteiger partial charge on any atom is 0.228 e. The summed E-state index contributed by atoms with van der Waals surface area (Å²) in [6, 6.07) is 10.8. The molecular formula is C20H22Cl3N3O. The van der Waals surface area contributed by atoms with Crippen molar-refractivity contribution >= 4 is 52.1 Å². The Morgan fingerprint density at radius 1 is 1.00 bits per heavy atom. The van der Waals surface area contributed by atoms with Gasteiger partial charge in [-0.25, -0.2) is 0 Å². The molecule has 1 heterocycles. The number of likely N-dealkylation sites (N-methyl/N-ethyl adjacent to an activating group) is 1. The number of piperazine rings is 1. The number of nitrogens with zero attached hydrogens (tertiary/aromatic N) is 2. The quantitative estimate of drug-likeness (QED) is 0.733. The zero-order valence-electron chi connectivity index (χ0n) is 15.1. The Kier molecular flexibility index (Phi) is 6.88. The molecule has 2 aromatic rings. The van der Waals surface area contributed by atoms with E-state index in [1.165, 1.54) is 0 Å². The van der Waals surface area contributed by atoms with Gasteiger partial charge in [-0.2, -0.15) is 0 Å². The molecule has 1 amide bonds. The molecular weight excluding hydrogens is 405 g/mol. The second-order valence-electron chi connectivity index (χ2n) is 6.56. The molecule has 2 aromatic carbocycles. The highest BCUT2D eigenvalue weighted by Gasteiger charge is 2.19. The monoisotopic (exact) mass is 425 g/mol. The lowest BCUT2D eigenvalue weighted by molar-refractivity contribution is -0.115. The van der Waals surface area contributed by atoms with Gasteiger partial charge in [-0.3, -0.25) is 4.79 Å². The van der Waals surface area contributed by atoms with Crippen LogP contribution in [0.5, 0.6) is 0 Å². The Labute approximate surface area is 175 Å². The predicted octanol–water partition coefficient (Wildman–Crippen LogP) is 4.97. The Hall–Kier alpha value is -1.46. The molecule has 0 spiro atoms. The van der Waals surface area contributed by atoms with Crippen LogP contribution in [0.4, 0.5) is 11.4 Å². The maximum absolute atomic E-state index is 12.6. The summed E-state index contributed by atoms with van der Waals surface area (Å²) in [7, 11) is 0. The normalized spacial score (nSPS) is 15.0. The minimum atomic E-state index is -0.121. The lowest BCUT2D eigenvalue weighted by Crippen LogP contribution is -2.46. The van der Waals surface area contributed by atoms with Crippen molar-refractivity contribution in [3.63, 3.8) is 0 Å². The molecule has 144 valence electrons. The third-order valence-electron chi connectivity index (χ3n) is 4.74. The molecule has 1 aliphatic rings. The Morgan fingerprint density at radius 2 is 1.74 bits per heavy atom. The smallest absolute Gasteiger partial charge is 0.228 e. The fraction of sp³-hybridized carbons (Fsp3) is 0.350. The number of carbonyl (C=O) groups is 1. The van der Waals surface area contributed by atoms with Crippen molar-refractivity contribution in [2.45, 2.75) is 13.3 Å². The number of hydrogen-bond donors (Lipinski definition) is 1. The maximum atomic E-state index is 12.6. The zero-order chi connectivity index (χ0) is 19.4. The summed E-state index contributed by atoms with van der Waals surface area (Å²) in [6.07, 6.45) is 0.215. The summed E-state index contributed by atoms with van der Waals surface area (Å²) in [5.74, 6) is -0.121. The number of carbonyl (C=O) groups excluding carboxylic acids is 1. The van der Waals surface area contributed by atoms with Gasteiger partial charge in [0.1, 0.15) is 0 Å². The van der Waals surface area contributed by atoms with E-state index >= 15 is 0 Å². The van der Waals surface area contributed by atoms with Gasteiger partial charge in [0.2, 0.25) is 5.91 Å². The van der Waals surface area contributed by atoms with Crippen molar-refractivity contribution in [3.05, 3.63) is 57.0 Å². The van der Waals surface area contributed by atoms with Gasteiger partial charge < -0.3 is 15.1 Å². The average molecular weight is 427 g/mol. The van der Waals surface area contributed by atoms with E-state index in [4.69, 9.17) is 34.8 Å². The second-order valence-corrected chi connectivity index (χ2v) is 7.81. The topological polar surface area (TPSA) is 35.6 Å². The third kappa shape index (κ3) is 5.29. The van der Waals surface area contributed by atoms with Gasteiger partial charge in [0.15, 0.2) is 0 Å². The van der Waals surface area contributed by atoms with Crippen molar-refractivity contribution in [1.29, 1.82) is 0 Å². The molecule has 7 heteroatoms. The highest BCUT2D eigenvalue weighted by atomic mass is 35.5. The van der Waals surface area contributed by atoms with Gasteiger partial charge in [0.25, 0.3) is 0 Å². The first-order valence-corrected chi connectivity index (χ1v) is 10.1. The lowest BCUT2D eigenvalue weighted by Gasteiger charge is -2.36. The molecule has 0 aromatic heterocycles. The minimum absolute atomic E-state index is 0.121. The van der Waals surface area contributed by atoms with Crippen molar-refractivity contribution in [2.24, 2.45) is 0 Å². The van der Waals surface area contributed by atoms with Crippen molar-refractivity contribution in [3.8, 4) is 0 Å². The van der Waals surface area contributed by atoms with Gasteiger partial charge >= 0.3 is 0 Å². The molecule has 1 saturated heterocycles. The summed E-state index contributed by atoms with van der Waals surface area (Å²) >= 11 is 18.1. The van der Waals surface area contributed by atoms with Crippen LogP contribution in [0.15, 0.2) is 36.4 Å². The van der Waals surface area contributed by atoms with Crippen LogP contribution in [0.25, 0.3) is 0 Å². The van der Waals surface area contributed by atoms with Gasteiger partial charge in [-0.05, 0) is 42.4 Å². The van der Waals surface area contributed by atoms with E-state index in [0.29, 0.717) is 15.1 Å². The van der Waals surface area contributed by atoms with Crippen LogP contribution in [0, 0.1) is 0 Å². The number of anilines is 2. The molecule has 0 radical (unpaired) electrons. The van der Waals surface area contributed by atoms with Crippen LogP contribution in [0.3, 0.4) is 0 Å². The van der Waals surface area contributed by atoms with Gasteiger partial charge in [0, 0.05) is 31.2 Å². The summed E-state index contributed by atoms with van der Waals surface area (Å²) in [6.45, 7) is 7.09. The summed E-state index contributed by atoms with van der Waals surface area (Å²) in [5, 5.41) is 4.51. The van der Waals surface area contributed by atoms with Crippen LogP contribution >= 0.6 is 34.8 Å². The second kappa shape index (κ2) is 9.16. The van der Waals surface area contributed by atoms with Crippen molar-refractivity contribution in [1.82, 2.24) is 4.90 Å². The van der Waals surface area contributed by atoms with Crippen molar-refractivity contribution in [2.75, 3.05) is 42.9 Å². The number of benzene rings is 2. The van der Waals surface area contributed by atoms with Crippen LogP contribution in [-0.2, 0) is 11.2 Å². The van der Waals surface area contributed by atoms with Crippen LogP contribution in [0.2, 0.25) is 15.1 Å². The number of amides is 1. The van der Waals surface area contributed by atoms with Gasteiger partial charge in [-0.15, -0.1) is 0 Å². The Morgan fingerprint density at radius 3 is 2.41 bits per heavy atom. The summed E-state index contributed by atoms with van der Waals surface area (Å²) < 4.78 is 0. The number of nitrogens with one attached hydrogen (secondary N) is 1. The Balaban J connectivity index is 1.72. The fourth-order valence-corrected chi connectivity index (χ4v) is 3.71. The van der Waals surface area contributed by atoms with E-state index in [9.17, 15) is 4.79 Å².